The number of hydrogen-bond acceptors (Lipinski definition) is 2. The summed E-state index contributed by atoms with van der Waals surface area (Å²) in [5.41, 5.74) is 2.59. The molecule has 0 aliphatic carbocycles. The molecule has 0 saturated heterocycles. The summed E-state index contributed by atoms with van der Waals surface area (Å²) in [5.74, 6) is -0.297. The largest absolute Gasteiger partial charge is 0.478 e. The maximum Gasteiger partial charge on any atom is 0.335 e. The fourth-order valence-electron chi connectivity index (χ4n) is 2.37. The molecular weight excluding hydrogens is 202 g/mol. The molecule has 1 aliphatic heterocycles. The average Bonchev–Trinajstić information content (AvgIpc) is 2.27. The minimum Gasteiger partial charge on any atom is -0.478 e. The Morgan fingerprint density at radius 3 is 2.94 bits per heavy atom. The summed E-state index contributed by atoms with van der Waals surface area (Å²) >= 11 is 0. The van der Waals surface area contributed by atoms with Gasteiger partial charge in [-0.1, -0.05) is 13.8 Å². The van der Waals surface area contributed by atoms with Crippen molar-refractivity contribution in [2.45, 2.75) is 32.7 Å². The van der Waals surface area contributed by atoms with Gasteiger partial charge in [0.15, 0.2) is 0 Å². The molecule has 86 valence electrons. The number of fused-ring (bicyclic) bond motifs is 1. The van der Waals surface area contributed by atoms with E-state index in [-0.39, 0.29) is 0 Å². The third-order valence-corrected chi connectivity index (χ3v) is 3.36. The molecule has 2 rings (SSSR count). The van der Waals surface area contributed by atoms with Crippen LogP contribution in [0.25, 0.3) is 0 Å². The van der Waals surface area contributed by atoms with Crippen LogP contribution in [-0.4, -0.2) is 17.1 Å². The van der Waals surface area contributed by atoms with Crippen LogP contribution in [0.15, 0.2) is 18.2 Å². The summed E-state index contributed by atoms with van der Waals surface area (Å²) in [5, 5.41) is 12.4. The van der Waals surface area contributed by atoms with Gasteiger partial charge in [0.1, 0.15) is 0 Å². The number of nitrogens with one attached hydrogen (secondary N) is 1. The second kappa shape index (κ2) is 4.16. The highest BCUT2D eigenvalue weighted by Crippen LogP contribution is 2.30. The quantitative estimate of drug-likeness (QED) is 0.804. The van der Waals surface area contributed by atoms with E-state index in [0.29, 0.717) is 17.5 Å². The molecule has 0 amide bonds. The molecular formula is C13H17NO2. The first-order valence-corrected chi connectivity index (χ1v) is 5.74. The minimum atomic E-state index is -0.854. The van der Waals surface area contributed by atoms with E-state index < -0.39 is 5.97 Å². The first-order chi connectivity index (χ1) is 7.61. The van der Waals surface area contributed by atoms with E-state index in [4.69, 9.17) is 5.11 Å². The predicted molar refractivity (Wildman–Crippen MR) is 64.0 cm³/mol. The van der Waals surface area contributed by atoms with Gasteiger partial charge in [0.25, 0.3) is 0 Å². The number of carbonyl (C=O) groups is 1. The fraction of sp³-hybridized carbons (Fsp3) is 0.462. The highest BCUT2D eigenvalue weighted by molar-refractivity contribution is 5.88. The molecule has 2 atom stereocenters. The van der Waals surface area contributed by atoms with Crippen LogP contribution in [0, 0.1) is 5.92 Å². The van der Waals surface area contributed by atoms with Crippen molar-refractivity contribution < 1.29 is 9.90 Å². The maximum absolute atomic E-state index is 10.9. The van der Waals surface area contributed by atoms with Crippen molar-refractivity contribution in [1.29, 1.82) is 0 Å². The topological polar surface area (TPSA) is 49.3 Å². The number of benzene rings is 1. The first-order valence-electron chi connectivity index (χ1n) is 5.74. The Morgan fingerprint density at radius 1 is 1.56 bits per heavy atom. The van der Waals surface area contributed by atoms with Gasteiger partial charge in [-0.05, 0) is 42.5 Å². The average molecular weight is 219 g/mol. The van der Waals surface area contributed by atoms with Crippen LogP contribution < -0.4 is 5.32 Å². The zero-order valence-corrected chi connectivity index (χ0v) is 9.66. The molecule has 3 heteroatoms. The standard InChI is InChI=1S/C13H17NO2/c1-3-11-8(2)6-10-7-9(13(15)16)4-5-12(10)14-11/h4-5,7-8,11,14H,3,6H2,1-2H3,(H,15,16). The van der Waals surface area contributed by atoms with Gasteiger partial charge in [-0.15, -0.1) is 0 Å². The lowest BCUT2D eigenvalue weighted by Gasteiger charge is -2.32. The van der Waals surface area contributed by atoms with Crippen LogP contribution in [0.3, 0.4) is 0 Å². The van der Waals surface area contributed by atoms with Crippen LogP contribution in [0.4, 0.5) is 5.69 Å². The molecule has 1 heterocycles. The van der Waals surface area contributed by atoms with Crippen molar-refractivity contribution in [3.63, 3.8) is 0 Å². The monoisotopic (exact) mass is 219 g/mol. The molecule has 1 aromatic rings. The van der Waals surface area contributed by atoms with Crippen LogP contribution >= 0.6 is 0 Å². The molecule has 2 N–H and O–H groups in total. The van der Waals surface area contributed by atoms with E-state index in [2.05, 4.69) is 19.2 Å². The normalized spacial score (nSPS) is 23.4. The lowest BCUT2D eigenvalue weighted by molar-refractivity contribution is 0.0696. The van der Waals surface area contributed by atoms with Crippen molar-refractivity contribution in [1.82, 2.24) is 0 Å². The van der Waals surface area contributed by atoms with Crippen LogP contribution in [0.5, 0.6) is 0 Å². The second-order valence-electron chi connectivity index (χ2n) is 4.52. The maximum atomic E-state index is 10.9. The lowest BCUT2D eigenvalue weighted by atomic mass is 9.87. The summed E-state index contributed by atoms with van der Waals surface area (Å²) in [6.07, 6.45) is 2.06. The summed E-state index contributed by atoms with van der Waals surface area (Å²) in [6, 6.07) is 5.83. The zero-order valence-electron chi connectivity index (χ0n) is 9.66. The second-order valence-corrected chi connectivity index (χ2v) is 4.52. The van der Waals surface area contributed by atoms with E-state index in [9.17, 15) is 4.79 Å². The Labute approximate surface area is 95.5 Å². The highest BCUT2D eigenvalue weighted by Gasteiger charge is 2.23. The van der Waals surface area contributed by atoms with Crippen molar-refractivity contribution in [2.75, 3.05) is 5.32 Å². The van der Waals surface area contributed by atoms with Crippen LogP contribution in [0.2, 0.25) is 0 Å². The van der Waals surface area contributed by atoms with Gasteiger partial charge in [0.05, 0.1) is 5.56 Å². The number of aromatic carboxylic acids is 1. The van der Waals surface area contributed by atoms with Gasteiger partial charge >= 0.3 is 5.97 Å². The fourth-order valence-corrected chi connectivity index (χ4v) is 2.37. The third kappa shape index (κ3) is 1.90. The van der Waals surface area contributed by atoms with E-state index in [1.807, 2.05) is 6.07 Å². The number of anilines is 1. The summed E-state index contributed by atoms with van der Waals surface area (Å²) in [6.45, 7) is 4.38. The Balaban J connectivity index is 2.32. The van der Waals surface area contributed by atoms with Crippen LogP contribution in [0.1, 0.15) is 36.2 Å². The van der Waals surface area contributed by atoms with Gasteiger partial charge < -0.3 is 10.4 Å². The van der Waals surface area contributed by atoms with Crippen molar-refractivity contribution in [2.24, 2.45) is 5.92 Å². The van der Waals surface area contributed by atoms with Crippen LogP contribution in [-0.2, 0) is 6.42 Å². The number of carboxylic acid groups (broad SMARTS) is 1. The molecule has 2 unspecified atom stereocenters. The van der Waals surface area contributed by atoms with Gasteiger partial charge in [-0.2, -0.15) is 0 Å². The molecule has 1 aliphatic rings. The van der Waals surface area contributed by atoms with Gasteiger partial charge in [-0.3, -0.25) is 0 Å². The molecule has 16 heavy (non-hydrogen) atoms. The minimum absolute atomic E-state index is 0.377. The van der Waals surface area contributed by atoms with Crippen molar-refractivity contribution >= 4 is 11.7 Å². The van der Waals surface area contributed by atoms with E-state index in [1.54, 1.807) is 12.1 Å². The number of rotatable bonds is 2. The molecule has 0 fully saturated rings. The van der Waals surface area contributed by atoms with Crippen molar-refractivity contribution in [3.8, 4) is 0 Å². The summed E-state index contributed by atoms with van der Waals surface area (Å²) < 4.78 is 0. The molecule has 0 saturated carbocycles. The number of hydrogen-bond donors (Lipinski definition) is 2. The molecule has 0 bridgehead atoms. The summed E-state index contributed by atoms with van der Waals surface area (Å²) in [7, 11) is 0. The predicted octanol–water partition coefficient (Wildman–Crippen LogP) is 2.77. The van der Waals surface area contributed by atoms with E-state index >= 15 is 0 Å². The molecule has 1 aromatic carbocycles. The smallest absolute Gasteiger partial charge is 0.335 e. The van der Waals surface area contributed by atoms with Gasteiger partial charge in [-0.25, -0.2) is 4.79 Å². The van der Waals surface area contributed by atoms with Gasteiger partial charge in [0.2, 0.25) is 0 Å². The van der Waals surface area contributed by atoms with E-state index in [0.717, 1.165) is 24.1 Å². The summed E-state index contributed by atoms with van der Waals surface area (Å²) in [4.78, 5) is 10.9. The third-order valence-electron chi connectivity index (χ3n) is 3.36. The Hall–Kier alpha value is -1.51. The zero-order chi connectivity index (χ0) is 11.7. The molecule has 3 nitrogen and oxygen atoms in total. The lowest BCUT2D eigenvalue weighted by Crippen LogP contribution is -2.32. The molecule has 0 radical (unpaired) electrons. The first kappa shape index (κ1) is 11.0. The number of carboxylic acids is 1. The SMILES string of the molecule is CCC1Nc2ccc(C(=O)O)cc2CC1C. The van der Waals surface area contributed by atoms with Crippen molar-refractivity contribution in [3.05, 3.63) is 29.3 Å². The van der Waals surface area contributed by atoms with E-state index in [1.165, 1.54) is 0 Å². The molecule has 0 spiro atoms. The Bertz CT molecular complexity index is 414. The van der Waals surface area contributed by atoms with Gasteiger partial charge in [0, 0.05) is 11.7 Å². The Morgan fingerprint density at radius 2 is 2.31 bits per heavy atom. The molecule has 0 aromatic heterocycles. The Kier molecular flexibility index (Phi) is 2.86. The highest BCUT2D eigenvalue weighted by atomic mass is 16.4.